The Labute approximate surface area is 139 Å². The highest BCUT2D eigenvalue weighted by molar-refractivity contribution is 6.30. The molecule has 3 aromatic rings. The molecule has 0 saturated carbocycles. The molecule has 23 heavy (non-hydrogen) atoms. The molecule has 0 unspecified atom stereocenters. The Morgan fingerprint density at radius 2 is 2.13 bits per heavy atom. The van der Waals surface area contributed by atoms with E-state index in [9.17, 15) is 4.79 Å². The number of aromatic amines is 1. The molecule has 0 bridgehead atoms. The van der Waals surface area contributed by atoms with Crippen molar-refractivity contribution in [2.75, 3.05) is 19.4 Å². The highest BCUT2D eigenvalue weighted by Crippen LogP contribution is 2.29. The number of anilines is 2. The quantitative estimate of drug-likeness (QED) is 0.764. The molecule has 2 N–H and O–H groups in total. The van der Waals surface area contributed by atoms with Gasteiger partial charge in [-0.05, 0) is 30.7 Å². The third kappa shape index (κ3) is 2.87. The third-order valence-electron chi connectivity index (χ3n) is 3.63. The zero-order valence-electron chi connectivity index (χ0n) is 13.1. The molecule has 1 amide bonds. The van der Waals surface area contributed by atoms with E-state index in [2.05, 4.69) is 15.3 Å². The Morgan fingerprint density at radius 1 is 1.35 bits per heavy atom. The van der Waals surface area contributed by atoms with Crippen molar-refractivity contribution in [3.63, 3.8) is 0 Å². The molecule has 0 spiro atoms. The van der Waals surface area contributed by atoms with Gasteiger partial charge in [-0.1, -0.05) is 17.7 Å². The number of carbonyl (C=O) groups excluding carboxylic acids is 1. The molecule has 5 nitrogen and oxygen atoms in total. The van der Waals surface area contributed by atoms with Gasteiger partial charge < -0.3 is 15.2 Å². The van der Waals surface area contributed by atoms with Gasteiger partial charge in [-0.3, -0.25) is 4.79 Å². The van der Waals surface area contributed by atoms with Crippen LogP contribution < -0.4 is 5.32 Å². The zero-order valence-corrected chi connectivity index (χ0v) is 13.9. The van der Waals surface area contributed by atoms with Gasteiger partial charge in [-0.2, -0.15) is 0 Å². The SMILES string of the molecule is Cc1c[nH]c2c(Nc3cccc(Cl)c3)ncc(C(=O)N(C)C)c12. The van der Waals surface area contributed by atoms with Crippen molar-refractivity contribution in [2.24, 2.45) is 0 Å². The number of aromatic nitrogens is 2. The van der Waals surface area contributed by atoms with E-state index in [1.54, 1.807) is 25.2 Å². The number of aryl methyl sites for hydroxylation is 1. The van der Waals surface area contributed by atoms with Crippen molar-refractivity contribution in [3.05, 3.63) is 52.8 Å². The van der Waals surface area contributed by atoms with Gasteiger partial charge in [0.05, 0.1) is 11.1 Å². The fourth-order valence-electron chi connectivity index (χ4n) is 2.51. The van der Waals surface area contributed by atoms with Crippen LogP contribution in [0.4, 0.5) is 11.5 Å². The number of amides is 1. The van der Waals surface area contributed by atoms with Gasteiger partial charge in [0, 0.05) is 42.6 Å². The number of H-pyrrole nitrogens is 1. The van der Waals surface area contributed by atoms with Gasteiger partial charge >= 0.3 is 0 Å². The smallest absolute Gasteiger partial charge is 0.255 e. The monoisotopic (exact) mass is 328 g/mol. The standard InChI is InChI=1S/C17H17ClN4O/c1-10-8-19-15-14(10)13(17(23)22(2)3)9-20-16(15)21-12-6-4-5-11(18)7-12/h4-9,19H,1-3H3,(H,20,21). The number of hydrogen-bond donors (Lipinski definition) is 2. The lowest BCUT2D eigenvalue weighted by Crippen LogP contribution is -2.22. The zero-order chi connectivity index (χ0) is 16.6. The minimum absolute atomic E-state index is 0.0699. The number of fused-ring (bicyclic) bond motifs is 1. The number of carbonyl (C=O) groups is 1. The summed E-state index contributed by atoms with van der Waals surface area (Å²) in [7, 11) is 3.46. The van der Waals surface area contributed by atoms with Gasteiger partial charge in [-0.25, -0.2) is 4.98 Å². The molecule has 0 saturated heterocycles. The van der Waals surface area contributed by atoms with Crippen LogP contribution in [0, 0.1) is 6.92 Å². The average Bonchev–Trinajstić information content (AvgIpc) is 2.90. The van der Waals surface area contributed by atoms with Crippen molar-refractivity contribution in [1.29, 1.82) is 0 Å². The van der Waals surface area contributed by atoms with Gasteiger partial charge in [-0.15, -0.1) is 0 Å². The lowest BCUT2D eigenvalue weighted by Gasteiger charge is -2.13. The molecule has 0 aliphatic carbocycles. The van der Waals surface area contributed by atoms with Crippen molar-refractivity contribution < 1.29 is 4.79 Å². The first-order valence-electron chi connectivity index (χ1n) is 7.18. The summed E-state index contributed by atoms with van der Waals surface area (Å²) in [6.07, 6.45) is 3.49. The summed E-state index contributed by atoms with van der Waals surface area (Å²) in [5.41, 5.74) is 3.22. The first-order valence-corrected chi connectivity index (χ1v) is 7.56. The van der Waals surface area contributed by atoms with Gasteiger partial charge in [0.1, 0.15) is 0 Å². The van der Waals surface area contributed by atoms with E-state index in [1.807, 2.05) is 37.4 Å². The molecule has 3 rings (SSSR count). The molecule has 0 fully saturated rings. The lowest BCUT2D eigenvalue weighted by molar-refractivity contribution is 0.0829. The summed E-state index contributed by atoms with van der Waals surface area (Å²) >= 11 is 6.02. The van der Waals surface area contributed by atoms with E-state index in [1.165, 1.54) is 0 Å². The van der Waals surface area contributed by atoms with Crippen LogP contribution in [-0.2, 0) is 0 Å². The Bertz CT molecular complexity index is 885. The van der Waals surface area contributed by atoms with Crippen LogP contribution in [0.25, 0.3) is 10.9 Å². The first-order chi connectivity index (χ1) is 11.0. The maximum Gasteiger partial charge on any atom is 0.255 e. The predicted octanol–water partition coefficient (Wildman–Crippen LogP) is 3.97. The molecule has 0 aliphatic rings. The fourth-order valence-corrected chi connectivity index (χ4v) is 2.71. The number of hydrogen-bond acceptors (Lipinski definition) is 3. The number of pyridine rings is 1. The van der Waals surface area contributed by atoms with Gasteiger partial charge in [0.25, 0.3) is 5.91 Å². The molecule has 0 radical (unpaired) electrons. The van der Waals surface area contributed by atoms with Crippen LogP contribution in [0.1, 0.15) is 15.9 Å². The predicted molar refractivity (Wildman–Crippen MR) is 93.6 cm³/mol. The van der Waals surface area contributed by atoms with E-state index in [-0.39, 0.29) is 5.91 Å². The molecular weight excluding hydrogens is 312 g/mol. The van der Waals surface area contributed by atoms with Crippen LogP contribution in [0.15, 0.2) is 36.7 Å². The molecular formula is C17H17ClN4O. The fraction of sp³-hybridized carbons (Fsp3) is 0.176. The summed E-state index contributed by atoms with van der Waals surface area (Å²) in [5, 5.41) is 4.77. The highest BCUT2D eigenvalue weighted by Gasteiger charge is 2.18. The number of nitrogens with zero attached hydrogens (tertiary/aromatic N) is 2. The Morgan fingerprint density at radius 3 is 2.83 bits per heavy atom. The number of halogens is 1. The minimum atomic E-state index is -0.0699. The van der Waals surface area contributed by atoms with E-state index in [4.69, 9.17) is 11.6 Å². The third-order valence-corrected chi connectivity index (χ3v) is 3.87. The molecule has 0 atom stereocenters. The van der Waals surface area contributed by atoms with Crippen LogP contribution >= 0.6 is 11.6 Å². The van der Waals surface area contributed by atoms with E-state index in [0.717, 1.165) is 22.2 Å². The molecule has 0 aliphatic heterocycles. The van der Waals surface area contributed by atoms with Crippen LogP contribution in [-0.4, -0.2) is 34.9 Å². The van der Waals surface area contributed by atoms with Crippen molar-refractivity contribution in [2.45, 2.75) is 6.92 Å². The number of benzene rings is 1. The normalized spacial score (nSPS) is 10.8. The second kappa shape index (κ2) is 5.93. The maximum absolute atomic E-state index is 12.4. The molecule has 118 valence electrons. The van der Waals surface area contributed by atoms with Crippen LogP contribution in [0.5, 0.6) is 0 Å². The Kier molecular flexibility index (Phi) is 3.96. The summed E-state index contributed by atoms with van der Waals surface area (Å²) in [6, 6.07) is 7.41. The average molecular weight is 329 g/mol. The first kappa shape index (κ1) is 15.4. The van der Waals surface area contributed by atoms with Crippen LogP contribution in [0.3, 0.4) is 0 Å². The Balaban J connectivity index is 2.10. The summed E-state index contributed by atoms with van der Waals surface area (Å²) in [6.45, 7) is 1.97. The largest absolute Gasteiger partial charge is 0.358 e. The van der Waals surface area contributed by atoms with Gasteiger partial charge in [0.2, 0.25) is 0 Å². The molecule has 6 heteroatoms. The van der Waals surface area contributed by atoms with Crippen molar-refractivity contribution >= 4 is 39.9 Å². The van der Waals surface area contributed by atoms with Crippen LogP contribution in [0.2, 0.25) is 5.02 Å². The number of nitrogens with one attached hydrogen (secondary N) is 2. The summed E-state index contributed by atoms with van der Waals surface area (Å²) < 4.78 is 0. The number of rotatable bonds is 3. The topological polar surface area (TPSA) is 61.0 Å². The summed E-state index contributed by atoms with van der Waals surface area (Å²) in [5.74, 6) is 0.588. The Hall–Kier alpha value is -2.53. The lowest BCUT2D eigenvalue weighted by atomic mass is 10.1. The van der Waals surface area contributed by atoms with Crippen molar-refractivity contribution in [1.82, 2.24) is 14.9 Å². The van der Waals surface area contributed by atoms with E-state index in [0.29, 0.717) is 16.4 Å². The second-order valence-corrected chi connectivity index (χ2v) is 6.01. The van der Waals surface area contributed by atoms with E-state index >= 15 is 0 Å². The summed E-state index contributed by atoms with van der Waals surface area (Å²) in [4.78, 5) is 21.5. The minimum Gasteiger partial charge on any atom is -0.358 e. The van der Waals surface area contributed by atoms with Crippen molar-refractivity contribution in [3.8, 4) is 0 Å². The molecule has 2 heterocycles. The second-order valence-electron chi connectivity index (χ2n) is 5.58. The highest BCUT2D eigenvalue weighted by atomic mass is 35.5. The maximum atomic E-state index is 12.4. The molecule has 2 aromatic heterocycles. The van der Waals surface area contributed by atoms with Gasteiger partial charge in [0.15, 0.2) is 5.82 Å². The van der Waals surface area contributed by atoms with E-state index < -0.39 is 0 Å². The molecule has 1 aromatic carbocycles.